The van der Waals surface area contributed by atoms with E-state index in [2.05, 4.69) is 17.6 Å². The van der Waals surface area contributed by atoms with Gasteiger partial charge in [-0.1, -0.05) is 94.0 Å². The fraction of sp³-hybridized carbons (Fsp3) is 0.444. The van der Waals surface area contributed by atoms with Crippen LogP contribution >= 0.6 is 0 Å². The first kappa shape index (κ1) is 27.1. The van der Waals surface area contributed by atoms with Crippen LogP contribution in [0.1, 0.15) is 73.8 Å². The minimum Gasteiger partial charge on any atom is -0.467 e. The van der Waals surface area contributed by atoms with Crippen LogP contribution in [-0.4, -0.2) is 42.1 Å². The van der Waals surface area contributed by atoms with Gasteiger partial charge in [-0.15, -0.1) is 0 Å². The predicted molar refractivity (Wildman–Crippen MR) is 131 cm³/mol. The molecule has 0 saturated carbocycles. The van der Waals surface area contributed by atoms with Gasteiger partial charge in [0, 0.05) is 5.56 Å². The van der Waals surface area contributed by atoms with Gasteiger partial charge in [0.1, 0.15) is 6.04 Å². The number of hydrogen-bond acceptors (Lipinski definition) is 5. The molecule has 0 radical (unpaired) electrons. The summed E-state index contributed by atoms with van der Waals surface area (Å²) in [5, 5.41) is 16.3. The zero-order chi connectivity index (χ0) is 24.8. The molecule has 0 heterocycles. The van der Waals surface area contributed by atoms with Crippen LogP contribution in [0.15, 0.2) is 60.7 Å². The quantitative estimate of drug-likeness (QED) is 0.288. The van der Waals surface area contributed by atoms with Crippen molar-refractivity contribution in [3.8, 4) is 0 Å². The van der Waals surface area contributed by atoms with Crippen molar-refractivity contribution in [2.75, 3.05) is 7.11 Å². The third-order valence-electron chi connectivity index (χ3n) is 5.71. The van der Waals surface area contributed by atoms with Gasteiger partial charge in [-0.2, -0.15) is 0 Å². The second kappa shape index (κ2) is 14.9. The number of carbonyl (C=O) groups excluding carboxylic acids is 3. The lowest BCUT2D eigenvalue weighted by Gasteiger charge is -2.26. The van der Waals surface area contributed by atoms with Crippen molar-refractivity contribution in [3.63, 3.8) is 0 Å². The minimum atomic E-state index is -1.60. The van der Waals surface area contributed by atoms with Crippen LogP contribution in [0.4, 0.5) is 0 Å². The number of methoxy groups -OCH3 is 1. The Morgan fingerprint density at radius 2 is 1.44 bits per heavy atom. The van der Waals surface area contributed by atoms with E-state index < -0.39 is 36.0 Å². The van der Waals surface area contributed by atoms with Crippen LogP contribution in [0.3, 0.4) is 0 Å². The van der Waals surface area contributed by atoms with E-state index in [1.807, 2.05) is 0 Å². The van der Waals surface area contributed by atoms with E-state index in [9.17, 15) is 19.5 Å². The molecule has 184 valence electrons. The molecule has 0 unspecified atom stereocenters. The highest BCUT2D eigenvalue weighted by Gasteiger charge is 2.32. The molecule has 0 aliphatic heterocycles. The molecule has 0 spiro atoms. The van der Waals surface area contributed by atoms with Crippen molar-refractivity contribution >= 4 is 17.8 Å². The van der Waals surface area contributed by atoms with Crippen LogP contribution in [0.5, 0.6) is 0 Å². The molecular formula is C27H36N2O5. The van der Waals surface area contributed by atoms with Crippen molar-refractivity contribution in [2.24, 2.45) is 0 Å². The van der Waals surface area contributed by atoms with E-state index in [4.69, 9.17) is 4.74 Å². The number of hydrogen-bond donors (Lipinski definition) is 3. The number of unbranched alkanes of at least 4 members (excludes halogenated alkanes) is 5. The van der Waals surface area contributed by atoms with Gasteiger partial charge in [0.2, 0.25) is 0 Å². The maximum atomic E-state index is 13.0. The molecular weight excluding hydrogens is 432 g/mol. The molecule has 0 aromatic heterocycles. The van der Waals surface area contributed by atoms with Crippen molar-refractivity contribution in [3.05, 3.63) is 71.8 Å². The summed E-state index contributed by atoms with van der Waals surface area (Å²) >= 11 is 0. The molecule has 2 aromatic carbocycles. The Balaban J connectivity index is 2.09. The molecule has 3 N–H and O–H groups in total. The minimum absolute atomic E-state index is 0.409. The second-order valence-corrected chi connectivity index (χ2v) is 8.31. The van der Waals surface area contributed by atoms with E-state index in [-0.39, 0.29) is 0 Å². The summed E-state index contributed by atoms with van der Waals surface area (Å²) in [6, 6.07) is 15.5. The topological polar surface area (TPSA) is 105 Å². The predicted octanol–water partition coefficient (Wildman–Crippen LogP) is 3.93. The van der Waals surface area contributed by atoms with E-state index in [0.29, 0.717) is 17.5 Å². The fourth-order valence-corrected chi connectivity index (χ4v) is 3.75. The van der Waals surface area contributed by atoms with Crippen LogP contribution in [0.25, 0.3) is 0 Å². The van der Waals surface area contributed by atoms with E-state index >= 15 is 0 Å². The highest BCUT2D eigenvalue weighted by atomic mass is 16.5. The van der Waals surface area contributed by atoms with Crippen LogP contribution in [-0.2, 0) is 14.3 Å². The molecule has 2 rings (SSSR count). The first-order valence-corrected chi connectivity index (χ1v) is 11.9. The van der Waals surface area contributed by atoms with Gasteiger partial charge in [-0.05, 0) is 24.1 Å². The molecule has 0 bridgehead atoms. The number of benzene rings is 2. The largest absolute Gasteiger partial charge is 0.467 e. The number of aliphatic hydroxyl groups excluding tert-OH is 1. The van der Waals surface area contributed by atoms with E-state index in [1.54, 1.807) is 60.7 Å². The molecule has 3 atom stereocenters. The van der Waals surface area contributed by atoms with Crippen molar-refractivity contribution in [1.29, 1.82) is 0 Å². The summed E-state index contributed by atoms with van der Waals surface area (Å²) in [5.41, 5.74) is 0.978. The maximum absolute atomic E-state index is 13.0. The number of aliphatic hydroxyl groups is 1. The second-order valence-electron chi connectivity index (χ2n) is 8.31. The summed E-state index contributed by atoms with van der Waals surface area (Å²) < 4.78 is 4.85. The Hall–Kier alpha value is -3.19. The van der Waals surface area contributed by atoms with Crippen LogP contribution in [0, 0.1) is 0 Å². The Labute approximate surface area is 201 Å². The van der Waals surface area contributed by atoms with Gasteiger partial charge in [-0.25, -0.2) is 4.79 Å². The molecule has 0 aliphatic rings. The molecule has 0 aliphatic carbocycles. The van der Waals surface area contributed by atoms with Gasteiger partial charge < -0.3 is 20.5 Å². The highest BCUT2D eigenvalue weighted by molar-refractivity contribution is 5.95. The van der Waals surface area contributed by atoms with E-state index in [0.717, 1.165) is 32.1 Å². The average Bonchev–Trinajstić information content (AvgIpc) is 2.88. The number of nitrogens with one attached hydrogen (secondary N) is 2. The zero-order valence-corrected chi connectivity index (χ0v) is 20.0. The molecule has 7 heteroatoms. The number of rotatable bonds is 14. The lowest BCUT2D eigenvalue weighted by molar-refractivity contribution is -0.146. The standard InChI is InChI=1S/C27H36N2O5/c1-3-4-5-6-7-14-19-22(27(33)34-2)28-26(32)24(30)23(20-15-10-8-11-16-20)29-25(31)21-17-12-9-13-18-21/h8-13,15-18,22-24,30H,3-7,14,19H2,1-2H3,(H,28,32)(H,29,31)/t22-,23-,24+/m0/s1. The molecule has 0 saturated heterocycles. The summed E-state index contributed by atoms with van der Waals surface area (Å²) in [7, 11) is 1.27. The Morgan fingerprint density at radius 3 is 2.06 bits per heavy atom. The highest BCUT2D eigenvalue weighted by Crippen LogP contribution is 2.19. The molecule has 0 fully saturated rings. The molecule has 2 aromatic rings. The Kier molecular flexibility index (Phi) is 11.8. The Morgan fingerprint density at radius 1 is 0.853 bits per heavy atom. The maximum Gasteiger partial charge on any atom is 0.328 e. The summed E-state index contributed by atoms with van der Waals surface area (Å²) in [6.45, 7) is 2.15. The van der Waals surface area contributed by atoms with Crippen molar-refractivity contribution < 1.29 is 24.2 Å². The SMILES string of the molecule is CCCCCCCC[C@H](NC(=O)[C@H](O)[C@@H](NC(=O)c1ccccc1)c1ccccc1)C(=O)OC. The number of ether oxygens (including phenoxy) is 1. The smallest absolute Gasteiger partial charge is 0.328 e. The number of carbonyl (C=O) groups is 3. The monoisotopic (exact) mass is 468 g/mol. The van der Waals surface area contributed by atoms with Gasteiger partial charge in [0.05, 0.1) is 13.2 Å². The number of esters is 1. The van der Waals surface area contributed by atoms with Gasteiger partial charge in [0.25, 0.3) is 11.8 Å². The molecule has 34 heavy (non-hydrogen) atoms. The van der Waals surface area contributed by atoms with Gasteiger partial charge in [-0.3, -0.25) is 9.59 Å². The van der Waals surface area contributed by atoms with Crippen LogP contribution in [0.2, 0.25) is 0 Å². The van der Waals surface area contributed by atoms with Crippen LogP contribution < -0.4 is 10.6 Å². The third kappa shape index (κ3) is 8.63. The van der Waals surface area contributed by atoms with Crippen molar-refractivity contribution in [1.82, 2.24) is 10.6 Å². The average molecular weight is 469 g/mol. The number of amides is 2. The summed E-state index contributed by atoms with van der Waals surface area (Å²) in [4.78, 5) is 38.0. The first-order chi connectivity index (χ1) is 16.5. The van der Waals surface area contributed by atoms with E-state index in [1.165, 1.54) is 13.5 Å². The lowest BCUT2D eigenvalue weighted by Crippen LogP contribution is -2.50. The third-order valence-corrected chi connectivity index (χ3v) is 5.71. The van der Waals surface area contributed by atoms with Gasteiger partial charge >= 0.3 is 5.97 Å². The molecule has 7 nitrogen and oxygen atoms in total. The lowest BCUT2D eigenvalue weighted by atomic mass is 9.99. The first-order valence-electron chi connectivity index (χ1n) is 11.9. The summed E-state index contributed by atoms with van der Waals surface area (Å²) in [5.74, 6) is -1.72. The molecule has 2 amide bonds. The summed E-state index contributed by atoms with van der Waals surface area (Å²) in [6.07, 6.45) is 5.07. The normalized spacial score (nSPS) is 13.4. The van der Waals surface area contributed by atoms with Gasteiger partial charge in [0.15, 0.2) is 6.10 Å². The zero-order valence-electron chi connectivity index (χ0n) is 20.0. The fourth-order valence-electron chi connectivity index (χ4n) is 3.75. The van der Waals surface area contributed by atoms with Crippen molar-refractivity contribution in [2.45, 2.75) is 70.1 Å². The Bertz CT molecular complexity index is 888.